The third-order valence-corrected chi connectivity index (χ3v) is 4.43. The Morgan fingerprint density at radius 3 is 2.91 bits per heavy atom. The number of hydrogen-bond donors (Lipinski definition) is 0. The van der Waals surface area contributed by atoms with Crippen molar-refractivity contribution in [3.63, 3.8) is 0 Å². The number of rotatable bonds is 3. The first-order chi connectivity index (χ1) is 11.3. The van der Waals surface area contributed by atoms with Crippen molar-refractivity contribution in [2.24, 2.45) is 0 Å². The Bertz CT molecular complexity index is 749. The summed E-state index contributed by atoms with van der Waals surface area (Å²) in [4.78, 5) is 23.6. The summed E-state index contributed by atoms with van der Waals surface area (Å²) >= 11 is 0. The minimum atomic E-state index is -0.0495. The van der Waals surface area contributed by atoms with Gasteiger partial charge in [-0.15, -0.1) is 0 Å². The third kappa shape index (κ3) is 2.94. The average Bonchev–Trinajstić information content (AvgIpc) is 3.11. The van der Waals surface area contributed by atoms with E-state index in [1.165, 1.54) is 0 Å². The minimum absolute atomic E-state index is 0.0495. The second-order valence-electron chi connectivity index (χ2n) is 5.98. The number of fused-ring (bicyclic) bond motifs is 1. The van der Waals surface area contributed by atoms with Gasteiger partial charge in [-0.05, 0) is 18.9 Å². The van der Waals surface area contributed by atoms with E-state index in [4.69, 9.17) is 9.47 Å². The Kier molecular flexibility index (Phi) is 3.97. The van der Waals surface area contributed by atoms with E-state index in [1.807, 2.05) is 12.3 Å². The fraction of sp³-hybridized carbons (Fsp3) is 0.562. The first kappa shape index (κ1) is 14.6. The Labute approximate surface area is 133 Å². The maximum atomic E-state index is 12.6. The van der Waals surface area contributed by atoms with Crippen molar-refractivity contribution in [1.82, 2.24) is 14.5 Å². The first-order valence-corrected chi connectivity index (χ1v) is 8.12. The molecule has 0 aliphatic carbocycles. The second kappa shape index (κ2) is 6.25. The smallest absolute Gasteiger partial charge is 0.261 e. The van der Waals surface area contributed by atoms with Gasteiger partial charge in [-0.3, -0.25) is 4.79 Å². The summed E-state index contributed by atoms with van der Waals surface area (Å²) in [6.07, 6.45) is 5.67. The molecule has 0 saturated carbocycles. The van der Waals surface area contributed by atoms with Gasteiger partial charge in [0.2, 0.25) is 5.95 Å². The summed E-state index contributed by atoms with van der Waals surface area (Å²) in [5.74, 6) is 0.664. The molecule has 122 valence electrons. The molecule has 2 aliphatic rings. The molecule has 0 radical (unpaired) electrons. The van der Waals surface area contributed by atoms with Crippen molar-refractivity contribution in [3.8, 4) is 0 Å². The molecule has 0 amide bonds. The van der Waals surface area contributed by atoms with Gasteiger partial charge in [0.1, 0.15) is 0 Å². The molecule has 1 unspecified atom stereocenters. The Hall–Kier alpha value is -1.99. The Morgan fingerprint density at radius 1 is 1.26 bits per heavy atom. The van der Waals surface area contributed by atoms with Crippen molar-refractivity contribution in [2.45, 2.75) is 25.5 Å². The molecule has 4 rings (SSSR count). The lowest BCUT2D eigenvalue weighted by Crippen LogP contribution is -2.37. The van der Waals surface area contributed by atoms with Crippen LogP contribution in [0.3, 0.4) is 0 Å². The first-order valence-electron chi connectivity index (χ1n) is 8.12. The van der Waals surface area contributed by atoms with Crippen LogP contribution in [-0.4, -0.2) is 53.5 Å². The van der Waals surface area contributed by atoms with E-state index >= 15 is 0 Å². The molecule has 0 aromatic carbocycles. The minimum Gasteiger partial charge on any atom is -0.378 e. The molecule has 2 aromatic rings. The average molecular weight is 316 g/mol. The molecule has 0 N–H and O–H groups in total. The summed E-state index contributed by atoms with van der Waals surface area (Å²) < 4.78 is 12.7. The fourth-order valence-electron chi connectivity index (χ4n) is 3.13. The van der Waals surface area contributed by atoms with Gasteiger partial charge < -0.3 is 18.9 Å². The Morgan fingerprint density at radius 2 is 2.13 bits per heavy atom. The van der Waals surface area contributed by atoms with Gasteiger partial charge in [0, 0.05) is 32.1 Å². The zero-order valence-electron chi connectivity index (χ0n) is 13.0. The monoisotopic (exact) mass is 316 g/mol. The molecule has 23 heavy (non-hydrogen) atoms. The molecule has 7 heteroatoms. The number of aromatic nitrogens is 3. The number of morpholine rings is 1. The van der Waals surface area contributed by atoms with Crippen LogP contribution in [0, 0.1) is 0 Å². The zero-order chi connectivity index (χ0) is 15.6. The number of nitrogens with zero attached hydrogens (tertiary/aromatic N) is 4. The maximum Gasteiger partial charge on any atom is 0.261 e. The van der Waals surface area contributed by atoms with Gasteiger partial charge in [-0.1, -0.05) is 0 Å². The lowest BCUT2D eigenvalue weighted by Gasteiger charge is -2.26. The lowest BCUT2D eigenvalue weighted by atomic mass is 10.2. The van der Waals surface area contributed by atoms with Gasteiger partial charge in [0.05, 0.1) is 36.8 Å². The SMILES string of the molecule is O=c1c2cnc(N3CCOCC3)nc2ccn1CC1CCCO1. The molecule has 0 bridgehead atoms. The number of hydrogen-bond acceptors (Lipinski definition) is 6. The largest absolute Gasteiger partial charge is 0.378 e. The van der Waals surface area contributed by atoms with Crippen molar-refractivity contribution in [3.05, 3.63) is 28.8 Å². The molecule has 1 atom stereocenters. The predicted octanol–water partition coefficient (Wildman–Crippen LogP) is 0.807. The van der Waals surface area contributed by atoms with Crippen LogP contribution in [0.15, 0.2) is 23.3 Å². The Balaban J connectivity index is 1.63. The second-order valence-corrected chi connectivity index (χ2v) is 5.98. The number of anilines is 1. The molecule has 4 heterocycles. The van der Waals surface area contributed by atoms with Crippen LogP contribution in [0.4, 0.5) is 5.95 Å². The molecule has 2 aliphatic heterocycles. The van der Waals surface area contributed by atoms with Crippen LogP contribution in [0.25, 0.3) is 10.9 Å². The summed E-state index contributed by atoms with van der Waals surface area (Å²) in [7, 11) is 0. The quantitative estimate of drug-likeness (QED) is 0.834. The van der Waals surface area contributed by atoms with Crippen LogP contribution < -0.4 is 10.5 Å². The van der Waals surface area contributed by atoms with Crippen molar-refractivity contribution in [1.29, 1.82) is 0 Å². The highest BCUT2D eigenvalue weighted by molar-refractivity contribution is 5.77. The van der Waals surface area contributed by atoms with Gasteiger partial charge in [0.15, 0.2) is 0 Å². The van der Waals surface area contributed by atoms with E-state index in [1.54, 1.807) is 10.8 Å². The molecular weight excluding hydrogens is 296 g/mol. The number of ether oxygens (including phenoxy) is 2. The highest BCUT2D eigenvalue weighted by Crippen LogP contribution is 2.16. The molecule has 2 aromatic heterocycles. The third-order valence-electron chi connectivity index (χ3n) is 4.43. The van der Waals surface area contributed by atoms with Gasteiger partial charge in [0.25, 0.3) is 5.56 Å². The van der Waals surface area contributed by atoms with E-state index in [0.29, 0.717) is 36.6 Å². The summed E-state index contributed by atoms with van der Waals surface area (Å²) in [5, 5.41) is 0.558. The van der Waals surface area contributed by atoms with Crippen LogP contribution in [0.5, 0.6) is 0 Å². The standard InChI is InChI=1S/C16H20N4O3/c21-15-13-10-17-16(19-5-8-22-9-6-19)18-14(13)3-4-20(15)11-12-2-1-7-23-12/h3-4,10,12H,1-2,5-9,11H2. The van der Waals surface area contributed by atoms with E-state index in [-0.39, 0.29) is 11.7 Å². The fourth-order valence-corrected chi connectivity index (χ4v) is 3.13. The van der Waals surface area contributed by atoms with Crippen LogP contribution in [0.1, 0.15) is 12.8 Å². The summed E-state index contributed by atoms with van der Waals surface area (Å²) in [6, 6.07) is 1.89. The van der Waals surface area contributed by atoms with E-state index in [0.717, 1.165) is 32.5 Å². The molecule has 7 nitrogen and oxygen atoms in total. The van der Waals surface area contributed by atoms with E-state index in [2.05, 4.69) is 14.9 Å². The highest BCUT2D eigenvalue weighted by Gasteiger charge is 2.18. The topological polar surface area (TPSA) is 69.5 Å². The summed E-state index contributed by atoms with van der Waals surface area (Å²) in [5.41, 5.74) is 0.640. The molecule has 2 saturated heterocycles. The van der Waals surface area contributed by atoms with Crippen LogP contribution >= 0.6 is 0 Å². The van der Waals surface area contributed by atoms with Crippen molar-refractivity contribution in [2.75, 3.05) is 37.8 Å². The van der Waals surface area contributed by atoms with E-state index < -0.39 is 0 Å². The van der Waals surface area contributed by atoms with Gasteiger partial charge >= 0.3 is 0 Å². The normalized spacial score (nSPS) is 21.9. The molecule has 2 fully saturated rings. The van der Waals surface area contributed by atoms with Crippen molar-refractivity contribution < 1.29 is 9.47 Å². The summed E-state index contributed by atoms with van der Waals surface area (Å²) in [6.45, 7) is 4.32. The van der Waals surface area contributed by atoms with Crippen LogP contribution in [-0.2, 0) is 16.0 Å². The highest BCUT2D eigenvalue weighted by atomic mass is 16.5. The number of pyridine rings is 1. The van der Waals surface area contributed by atoms with E-state index in [9.17, 15) is 4.79 Å². The lowest BCUT2D eigenvalue weighted by molar-refractivity contribution is 0.0963. The zero-order valence-corrected chi connectivity index (χ0v) is 13.0. The molecular formula is C16H20N4O3. The van der Waals surface area contributed by atoms with Gasteiger partial charge in [-0.2, -0.15) is 0 Å². The van der Waals surface area contributed by atoms with Crippen LogP contribution in [0.2, 0.25) is 0 Å². The molecule has 0 spiro atoms. The van der Waals surface area contributed by atoms with Gasteiger partial charge in [-0.25, -0.2) is 9.97 Å². The van der Waals surface area contributed by atoms with Crippen molar-refractivity contribution >= 4 is 16.9 Å². The predicted molar refractivity (Wildman–Crippen MR) is 85.8 cm³/mol. The maximum absolute atomic E-state index is 12.6.